The van der Waals surface area contributed by atoms with E-state index in [9.17, 15) is 19.7 Å². The van der Waals surface area contributed by atoms with Crippen LogP contribution in [0.15, 0.2) is 36.4 Å². The van der Waals surface area contributed by atoms with Gasteiger partial charge in [-0.3, -0.25) is 14.9 Å². The number of nitro groups is 1. The molecular weight excluding hydrogens is 336 g/mol. The zero-order valence-corrected chi connectivity index (χ0v) is 14.8. The lowest BCUT2D eigenvalue weighted by Crippen LogP contribution is -2.36. The Labute approximate surface area is 150 Å². The molecule has 0 saturated carbocycles. The van der Waals surface area contributed by atoms with Crippen LogP contribution in [0.1, 0.15) is 16.7 Å². The SMILES string of the molecule is Cc1cc(C)c(NC(=O)CNC(=O)Nc2ccc([N+](=O)[O-])cc2)c(C)c1. The standard InChI is InChI=1S/C18H20N4O4/c1-11-8-12(2)17(13(3)9-11)21-16(23)10-19-18(24)20-14-4-6-15(7-5-14)22(25)26/h4-9H,10H2,1-3H3,(H,21,23)(H2,19,20,24). The number of benzene rings is 2. The number of nitro benzene ring substituents is 1. The number of carbonyl (C=O) groups is 2. The number of hydrogen-bond donors (Lipinski definition) is 3. The minimum absolute atomic E-state index is 0.0702. The highest BCUT2D eigenvalue weighted by Crippen LogP contribution is 2.21. The van der Waals surface area contributed by atoms with Crippen molar-refractivity contribution < 1.29 is 14.5 Å². The lowest BCUT2D eigenvalue weighted by Gasteiger charge is -2.13. The van der Waals surface area contributed by atoms with Gasteiger partial charge in [0.2, 0.25) is 5.91 Å². The van der Waals surface area contributed by atoms with Gasteiger partial charge in [-0.25, -0.2) is 4.79 Å². The van der Waals surface area contributed by atoms with Crippen LogP contribution in [0.4, 0.5) is 21.9 Å². The van der Waals surface area contributed by atoms with Gasteiger partial charge < -0.3 is 16.0 Å². The molecule has 0 saturated heterocycles. The number of non-ortho nitro benzene ring substituents is 1. The van der Waals surface area contributed by atoms with Crippen molar-refractivity contribution in [2.45, 2.75) is 20.8 Å². The first-order valence-corrected chi connectivity index (χ1v) is 7.93. The van der Waals surface area contributed by atoms with Crippen molar-refractivity contribution in [3.63, 3.8) is 0 Å². The van der Waals surface area contributed by atoms with Crippen molar-refractivity contribution in [1.82, 2.24) is 5.32 Å². The van der Waals surface area contributed by atoms with Gasteiger partial charge in [-0.2, -0.15) is 0 Å². The largest absolute Gasteiger partial charge is 0.329 e. The number of aryl methyl sites for hydroxylation is 3. The van der Waals surface area contributed by atoms with E-state index in [2.05, 4.69) is 16.0 Å². The Morgan fingerprint density at radius 3 is 2.12 bits per heavy atom. The highest BCUT2D eigenvalue weighted by atomic mass is 16.6. The molecular formula is C18H20N4O4. The summed E-state index contributed by atoms with van der Waals surface area (Å²) >= 11 is 0. The second-order valence-corrected chi connectivity index (χ2v) is 5.93. The molecule has 2 rings (SSSR count). The number of amides is 3. The second kappa shape index (κ2) is 8.11. The molecule has 0 aliphatic carbocycles. The first-order valence-electron chi connectivity index (χ1n) is 7.93. The zero-order chi connectivity index (χ0) is 19.3. The maximum Gasteiger partial charge on any atom is 0.319 e. The summed E-state index contributed by atoms with van der Waals surface area (Å²) in [5, 5.41) is 18.3. The summed E-state index contributed by atoms with van der Waals surface area (Å²) in [6, 6.07) is 8.75. The summed E-state index contributed by atoms with van der Waals surface area (Å²) in [6.45, 7) is 5.59. The van der Waals surface area contributed by atoms with Crippen LogP contribution < -0.4 is 16.0 Å². The predicted molar refractivity (Wildman–Crippen MR) is 99.4 cm³/mol. The van der Waals surface area contributed by atoms with Crippen molar-refractivity contribution in [1.29, 1.82) is 0 Å². The van der Waals surface area contributed by atoms with E-state index < -0.39 is 11.0 Å². The first-order chi connectivity index (χ1) is 12.3. The minimum atomic E-state index is -0.577. The van der Waals surface area contributed by atoms with Gasteiger partial charge in [-0.05, 0) is 44.0 Å². The Bertz CT molecular complexity index is 824. The van der Waals surface area contributed by atoms with Gasteiger partial charge in [-0.15, -0.1) is 0 Å². The number of nitrogens with one attached hydrogen (secondary N) is 3. The third-order valence-electron chi connectivity index (χ3n) is 3.69. The maximum atomic E-state index is 12.0. The highest BCUT2D eigenvalue weighted by Gasteiger charge is 2.10. The maximum absolute atomic E-state index is 12.0. The Morgan fingerprint density at radius 2 is 1.58 bits per heavy atom. The second-order valence-electron chi connectivity index (χ2n) is 5.93. The van der Waals surface area contributed by atoms with Crippen LogP contribution in [-0.4, -0.2) is 23.4 Å². The topological polar surface area (TPSA) is 113 Å². The molecule has 8 heteroatoms. The molecule has 0 fully saturated rings. The average molecular weight is 356 g/mol. The molecule has 0 radical (unpaired) electrons. The Balaban J connectivity index is 1.87. The Morgan fingerprint density at radius 1 is 1.00 bits per heavy atom. The number of urea groups is 1. The molecule has 0 atom stereocenters. The van der Waals surface area contributed by atoms with Gasteiger partial charge in [0.15, 0.2) is 0 Å². The number of rotatable bonds is 5. The first kappa shape index (κ1) is 18.9. The van der Waals surface area contributed by atoms with E-state index >= 15 is 0 Å². The molecule has 8 nitrogen and oxygen atoms in total. The summed E-state index contributed by atoms with van der Waals surface area (Å²) in [5.41, 5.74) is 4.06. The van der Waals surface area contributed by atoms with Crippen molar-refractivity contribution in [3.8, 4) is 0 Å². The lowest BCUT2D eigenvalue weighted by molar-refractivity contribution is -0.384. The van der Waals surface area contributed by atoms with Crippen LogP contribution >= 0.6 is 0 Å². The van der Waals surface area contributed by atoms with Gasteiger partial charge in [0.05, 0.1) is 11.5 Å². The van der Waals surface area contributed by atoms with Crippen LogP contribution in [0.3, 0.4) is 0 Å². The molecule has 136 valence electrons. The molecule has 3 N–H and O–H groups in total. The smallest absolute Gasteiger partial charge is 0.319 e. The molecule has 0 unspecified atom stereocenters. The summed E-state index contributed by atoms with van der Waals surface area (Å²) in [5.74, 6) is -0.348. The van der Waals surface area contributed by atoms with Gasteiger partial charge in [0.25, 0.3) is 5.69 Å². The number of anilines is 2. The third-order valence-corrected chi connectivity index (χ3v) is 3.69. The van der Waals surface area contributed by atoms with Crippen molar-refractivity contribution in [2.75, 3.05) is 17.2 Å². The molecule has 0 heterocycles. The fourth-order valence-corrected chi connectivity index (χ4v) is 2.56. The minimum Gasteiger partial charge on any atom is -0.329 e. The zero-order valence-electron chi connectivity index (χ0n) is 14.8. The van der Waals surface area contributed by atoms with E-state index in [1.807, 2.05) is 32.9 Å². The van der Waals surface area contributed by atoms with Gasteiger partial charge in [0.1, 0.15) is 0 Å². The third kappa shape index (κ3) is 5.04. The van der Waals surface area contributed by atoms with Crippen molar-refractivity contribution >= 4 is 29.0 Å². The quantitative estimate of drug-likeness (QED) is 0.563. The number of nitrogens with zero attached hydrogens (tertiary/aromatic N) is 1. The average Bonchev–Trinajstić information content (AvgIpc) is 2.56. The monoisotopic (exact) mass is 356 g/mol. The molecule has 0 aliphatic rings. The van der Waals surface area contributed by atoms with Gasteiger partial charge >= 0.3 is 6.03 Å². The molecule has 0 aromatic heterocycles. The fourth-order valence-electron chi connectivity index (χ4n) is 2.56. The molecule has 0 bridgehead atoms. The summed E-state index contributed by atoms with van der Waals surface area (Å²) in [6.07, 6.45) is 0. The van der Waals surface area contributed by atoms with Crippen LogP contribution in [0.2, 0.25) is 0 Å². The van der Waals surface area contributed by atoms with E-state index in [4.69, 9.17) is 0 Å². The number of hydrogen-bond acceptors (Lipinski definition) is 4. The molecule has 3 amide bonds. The van der Waals surface area contributed by atoms with E-state index in [0.29, 0.717) is 5.69 Å². The summed E-state index contributed by atoms with van der Waals surface area (Å²) in [4.78, 5) is 33.9. The Hall–Kier alpha value is -3.42. The van der Waals surface area contributed by atoms with E-state index in [1.54, 1.807) is 0 Å². The molecule has 2 aromatic carbocycles. The van der Waals surface area contributed by atoms with Gasteiger partial charge in [0, 0.05) is 23.5 Å². The van der Waals surface area contributed by atoms with Crippen molar-refractivity contribution in [2.24, 2.45) is 0 Å². The van der Waals surface area contributed by atoms with Crippen LogP contribution in [0.5, 0.6) is 0 Å². The summed E-state index contributed by atoms with van der Waals surface area (Å²) in [7, 11) is 0. The normalized spacial score (nSPS) is 10.1. The van der Waals surface area contributed by atoms with Crippen molar-refractivity contribution in [3.05, 3.63) is 63.2 Å². The van der Waals surface area contributed by atoms with E-state index in [-0.39, 0.29) is 18.1 Å². The van der Waals surface area contributed by atoms with E-state index in [0.717, 1.165) is 22.4 Å². The van der Waals surface area contributed by atoms with Gasteiger partial charge in [-0.1, -0.05) is 17.7 Å². The van der Waals surface area contributed by atoms with E-state index in [1.165, 1.54) is 24.3 Å². The van der Waals surface area contributed by atoms with Crippen LogP contribution in [-0.2, 0) is 4.79 Å². The predicted octanol–water partition coefficient (Wildman–Crippen LogP) is 3.28. The van der Waals surface area contributed by atoms with Crippen LogP contribution in [0, 0.1) is 30.9 Å². The molecule has 2 aromatic rings. The lowest BCUT2D eigenvalue weighted by atomic mass is 10.1. The Kier molecular flexibility index (Phi) is 5.90. The molecule has 0 spiro atoms. The molecule has 26 heavy (non-hydrogen) atoms. The molecule has 0 aliphatic heterocycles. The number of carbonyl (C=O) groups excluding carboxylic acids is 2. The summed E-state index contributed by atoms with van der Waals surface area (Å²) < 4.78 is 0. The fraction of sp³-hybridized carbons (Fsp3) is 0.222. The van der Waals surface area contributed by atoms with Crippen LogP contribution in [0.25, 0.3) is 0 Å². The highest BCUT2D eigenvalue weighted by molar-refractivity contribution is 5.97.